The highest BCUT2D eigenvalue weighted by Crippen LogP contribution is 2.15. The number of nitrogen functional groups attached to an aromatic ring is 1. The van der Waals surface area contributed by atoms with Crippen molar-refractivity contribution < 1.29 is 0 Å². The molecule has 1 aliphatic rings. The maximum atomic E-state index is 5.70. The highest BCUT2D eigenvalue weighted by molar-refractivity contribution is 5.35. The molecule has 1 aromatic carbocycles. The smallest absolute Gasteiger partial charge is 0.224 e. The molecule has 22 heavy (non-hydrogen) atoms. The van der Waals surface area contributed by atoms with Crippen molar-refractivity contribution >= 4 is 11.8 Å². The largest absolute Gasteiger partial charge is 0.384 e. The van der Waals surface area contributed by atoms with E-state index in [0.29, 0.717) is 17.8 Å². The Morgan fingerprint density at radius 2 is 2.09 bits per heavy atom. The van der Waals surface area contributed by atoms with Gasteiger partial charge in [0.2, 0.25) is 5.95 Å². The Morgan fingerprint density at radius 3 is 2.91 bits per heavy atom. The summed E-state index contributed by atoms with van der Waals surface area (Å²) in [5, 5.41) is 3.41. The Morgan fingerprint density at radius 1 is 1.23 bits per heavy atom. The number of hydrogen-bond acceptors (Lipinski definition) is 5. The van der Waals surface area contributed by atoms with Crippen LogP contribution in [0.3, 0.4) is 0 Å². The number of likely N-dealkylation sites (tertiary alicyclic amines) is 1. The number of hydrogen-bond donors (Lipinski definition) is 2. The zero-order chi connectivity index (χ0) is 15.2. The van der Waals surface area contributed by atoms with Crippen LogP contribution in [0.5, 0.6) is 0 Å². The molecule has 116 valence electrons. The van der Waals surface area contributed by atoms with Crippen molar-refractivity contribution in [3.8, 4) is 0 Å². The summed E-state index contributed by atoms with van der Waals surface area (Å²) in [4.78, 5) is 11.0. The van der Waals surface area contributed by atoms with Gasteiger partial charge < -0.3 is 16.0 Å². The summed E-state index contributed by atoms with van der Waals surface area (Å²) in [6, 6.07) is 12.8. The normalized spacial score (nSPS) is 19.0. The molecule has 2 aromatic rings. The number of aromatic nitrogens is 2. The van der Waals surface area contributed by atoms with Gasteiger partial charge in [0, 0.05) is 25.3 Å². The lowest BCUT2D eigenvalue weighted by molar-refractivity contribution is 0.218. The maximum absolute atomic E-state index is 5.70. The van der Waals surface area contributed by atoms with Crippen molar-refractivity contribution in [1.29, 1.82) is 0 Å². The van der Waals surface area contributed by atoms with Gasteiger partial charge in [-0.05, 0) is 37.4 Å². The van der Waals surface area contributed by atoms with Crippen LogP contribution in [0, 0.1) is 0 Å². The van der Waals surface area contributed by atoms with E-state index in [1.165, 1.54) is 18.5 Å². The summed E-state index contributed by atoms with van der Waals surface area (Å²) >= 11 is 0. The van der Waals surface area contributed by atoms with Crippen molar-refractivity contribution in [2.45, 2.75) is 25.3 Å². The van der Waals surface area contributed by atoms with Crippen LogP contribution in [0.4, 0.5) is 11.8 Å². The van der Waals surface area contributed by atoms with Crippen molar-refractivity contribution in [3.63, 3.8) is 0 Å². The Balaban J connectivity index is 1.51. The molecule has 0 amide bonds. The van der Waals surface area contributed by atoms with Gasteiger partial charge in [-0.15, -0.1) is 0 Å². The molecule has 1 fully saturated rings. The highest BCUT2D eigenvalue weighted by atomic mass is 15.2. The molecule has 1 aliphatic heterocycles. The molecule has 0 bridgehead atoms. The van der Waals surface area contributed by atoms with Gasteiger partial charge in [-0.2, -0.15) is 4.98 Å². The zero-order valence-corrected chi connectivity index (χ0v) is 12.8. The highest BCUT2D eigenvalue weighted by Gasteiger charge is 2.20. The topological polar surface area (TPSA) is 67.1 Å². The minimum Gasteiger partial charge on any atom is -0.384 e. The fraction of sp³-hybridized carbons (Fsp3) is 0.412. The second kappa shape index (κ2) is 7.22. The van der Waals surface area contributed by atoms with Gasteiger partial charge in [0.05, 0.1) is 0 Å². The number of piperidine rings is 1. The van der Waals surface area contributed by atoms with Crippen LogP contribution < -0.4 is 11.1 Å². The average molecular weight is 297 g/mol. The third-order valence-electron chi connectivity index (χ3n) is 4.08. The number of nitrogens with zero attached hydrogens (tertiary/aromatic N) is 3. The second-order valence-electron chi connectivity index (χ2n) is 5.82. The van der Waals surface area contributed by atoms with E-state index in [1.54, 1.807) is 12.3 Å². The molecule has 1 saturated heterocycles. The first-order valence-corrected chi connectivity index (χ1v) is 7.91. The number of rotatable bonds is 5. The van der Waals surface area contributed by atoms with E-state index < -0.39 is 0 Å². The number of nitrogens with one attached hydrogen (secondary N) is 1. The monoisotopic (exact) mass is 297 g/mol. The quantitative estimate of drug-likeness (QED) is 0.885. The lowest BCUT2D eigenvalue weighted by Gasteiger charge is -2.33. The van der Waals surface area contributed by atoms with Gasteiger partial charge in [-0.25, -0.2) is 4.98 Å². The van der Waals surface area contributed by atoms with Gasteiger partial charge in [0.25, 0.3) is 0 Å². The summed E-state index contributed by atoms with van der Waals surface area (Å²) in [5.41, 5.74) is 7.10. The van der Waals surface area contributed by atoms with Crippen molar-refractivity contribution in [2.24, 2.45) is 0 Å². The molecule has 3 N–H and O–H groups in total. The molecule has 3 rings (SSSR count). The summed E-state index contributed by atoms with van der Waals surface area (Å²) in [7, 11) is 0. The van der Waals surface area contributed by atoms with Crippen LogP contribution in [0.1, 0.15) is 18.4 Å². The van der Waals surface area contributed by atoms with Gasteiger partial charge in [-0.1, -0.05) is 30.3 Å². The third kappa shape index (κ3) is 4.18. The molecule has 0 aliphatic carbocycles. The van der Waals surface area contributed by atoms with Crippen LogP contribution in [0.2, 0.25) is 0 Å². The van der Waals surface area contributed by atoms with Gasteiger partial charge in [0.15, 0.2) is 0 Å². The Bertz CT molecular complexity index is 587. The molecule has 1 atom stereocenters. The molecule has 0 spiro atoms. The molecule has 2 heterocycles. The average Bonchev–Trinajstić information content (AvgIpc) is 2.54. The molecule has 0 radical (unpaired) electrons. The lowest BCUT2D eigenvalue weighted by Crippen LogP contribution is -2.43. The summed E-state index contributed by atoms with van der Waals surface area (Å²) in [5.74, 6) is 1.14. The molecular weight excluding hydrogens is 274 g/mol. The second-order valence-corrected chi connectivity index (χ2v) is 5.82. The maximum Gasteiger partial charge on any atom is 0.224 e. The van der Waals surface area contributed by atoms with Crippen molar-refractivity contribution in [2.75, 3.05) is 30.7 Å². The fourth-order valence-corrected chi connectivity index (χ4v) is 2.93. The molecule has 1 unspecified atom stereocenters. The van der Waals surface area contributed by atoms with Crippen LogP contribution in [-0.4, -0.2) is 40.5 Å². The number of benzene rings is 1. The SMILES string of the molecule is Nc1ccnc(NC2CCCN(CCc3ccccc3)C2)n1. The number of nitrogens with two attached hydrogens (primary N) is 1. The predicted octanol–water partition coefficient (Wildman–Crippen LogP) is 2.18. The lowest BCUT2D eigenvalue weighted by atomic mass is 10.0. The zero-order valence-electron chi connectivity index (χ0n) is 12.8. The Hall–Kier alpha value is -2.14. The first kappa shape index (κ1) is 14.8. The molecule has 5 nitrogen and oxygen atoms in total. The van der Waals surface area contributed by atoms with E-state index in [1.807, 2.05) is 0 Å². The first-order valence-electron chi connectivity index (χ1n) is 7.91. The van der Waals surface area contributed by atoms with E-state index in [0.717, 1.165) is 25.9 Å². The van der Waals surface area contributed by atoms with Gasteiger partial charge in [0.1, 0.15) is 5.82 Å². The third-order valence-corrected chi connectivity index (χ3v) is 4.08. The minimum atomic E-state index is 0.395. The van der Waals surface area contributed by atoms with Crippen LogP contribution in [0.25, 0.3) is 0 Å². The standard InChI is InChI=1S/C17H23N5/c18-16-8-10-19-17(21-16)20-15-7-4-11-22(13-15)12-9-14-5-2-1-3-6-14/h1-3,5-6,8,10,15H,4,7,9,11-13H2,(H3,18,19,20,21). The van der Waals surface area contributed by atoms with Crippen LogP contribution in [-0.2, 0) is 6.42 Å². The van der Waals surface area contributed by atoms with E-state index in [4.69, 9.17) is 5.73 Å². The van der Waals surface area contributed by atoms with Crippen LogP contribution in [0.15, 0.2) is 42.6 Å². The summed E-state index contributed by atoms with van der Waals surface area (Å²) in [6.07, 6.45) is 5.15. The van der Waals surface area contributed by atoms with Gasteiger partial charge in [-0.3, -0.25) is 0 Å². The van der Waals surface area contributed by atoms with E-state index in [9.17, 15) is 0 Å². The number of anilines is 2. The van der Waals surface area contributed by atoms with Crippen molar-refractivity contribution in [1.82, 2.24) is 14.9 Å². The van der Waals surface area contributed by atoms with E-state index in [-0.39, 0.29) is 0 Å². The van der Waals surface area contributed by atoms with Gasteiger partial charge >= 0.3 is 0 Å². The first-order chi connectivity index (χ1) is 10.8. The summed E-state index contributed by atoms with van der Waals surface area (Å²) in [6.45, 7) is 3.30. The van der Waals surface area contributed by atoms with E-state index >= 15 is 0 Å². The predicted molar refractivity (Wildman–Crippen MR) is 89.7 cm³/mol. The van der Waals surface area contributed by atoms with Crippen LogP contribution >= 0.6 is 0 Å². The summed E-state index contributed by atoms with van der Waals surface area (Å²) < 4.78 is 0. The molecule has 1 aromatic heterocycles. The minimum absolute atomic E-state index is 0.395. The molecule has 5 heteroatoms. The van der Waals surface area contributed by atoms with Crippen molar-refractivity contribution in [3.05, 3.63) is 48.2 Å². The Kier molecular flexibility index (Phi) is 4.85. The fourth-order valence-electron chi connectivity index (χ4n) is 2.93. The molecule has 0 saturated carbocycles. The molecular formula is C17H23N5. The Labute approximate surface area is 131 Å². The van der Waals surface area contributed by atoms with E-state index in [2.05, 4.69) is 50.5 Å².